The maximum Gasteiger partial charge on any atom is 0.232 e. The second-order valence-electron chi connectivity index (χ2n) is 7.24. The van der Waals surface area contributed by atoms with Crippen LogP contribution in [0.3, 0.4) is 0 Å². The molecule has 1 aromatic rings. The van der Waals surface area contributed by atoms with E-state index < -0.39 is 0 Å². The number of nitrogens with one attached hydrogen (secondary N) is 4. The lowest BCUT2D eigenvalue weighted by Crippen LogP contribution is -2.45. The Balaban J connectivity index is 1.52. The molecule has 3 saturated heterocycles. The average Bonchev–Trinajstić information content (AvgIpc) is 3.29. The lowest BCUT2D eigenvalue weighted by Gasteiger charge is -2.32. The molecule has 4 rings (SSSR count). The average molecular weight is 347 g/mol. The fraction of sp³-hybridized carbons (Fsp3) is 0.812. The van der Waals surface area contributed by atoms with Crippen molar-refractivity contribution in [1.82, 2.24) is 30.5 Å². The zero-order chi connectivity index (χ0) is 17.1. The molecule has 0 bridgehead atoms. The minimum Gasteiger partial charge on any atom is -0.350 e. The second-order valence-corrected chi connectivity index (χ2v) is 7.24. The van der Waals surface area contributed by atoms with Crippen LogP contribution in [-0.4, -0.2) is 91.3 Å². The first kappa shape index (κ1) is 16.7. The molecule has 3 fully saturated rings. The topological polar surface area (TPSA) is 93.3 Å². The van der Waals surface area contributed by atoms with Gasteiger partial charge in [0.25, 0.3) is 0 Å². The molecular formula is C16H29N9. The Labute approximate surface area is 149 Å². The van der Waals surface area contributed by atoms with Crippen LogP contribution >= 0.6 is 0 Å². The SMILES string of the molecule is CN1CCN(c2nc(N[C@@H]3CCNC3)nc(N[C@@H]3CCNC3)n2)CC1. The van der Waals surface area contributed by atoms with Crippen molar-refractivity contribution < 1.29 is 0 Å². The third kappa shape index (κ3) is 4.28. The number of likely N-dealkylation sites (N-methyl/N-ethyl adjacent to an activating group) is 1. The van der Waals surface area contributed by atoms with E-state index in [0.717, 1.165) is 71.1 Å². The summed E-state index contributed by atoms with van der Waals surface area (Å²) in [7, 11) is 2.16. The van der Waals surface area contributed by atoms with E-state index in [-0.39, 0.29) is 0 Å². The molecule has 1 aromatic heterocycles. The van der Waals surface area contributed by atoms with Gasteiger partial charge in [-0.25, -0.2) is 0 Å². The Morgan fingerprint density at radius 2 is 1.40 bits per heavy atom. The van der Waals surface area contributed by atoms with Crippen LogP contribution in [-0.2, 0) is 0 Å². The minimum absolute atomic E-state index is 0.392. The fourth-order valence-electron chi connectivity index (χ4n) is 3.56. The zero-order valence-corrected chi connectivity index (χ0v) is 15.0. The number of rotatable bonds is 5. The quantitative estimate of drug-likeness (QED) is 0.545. The number of nitrogens with zero attached hydrogens (tertiary/aromatic N) is 5. The zero-order valence-electron chi connectivity index (χ0n) is 15.0. The molecule has 0 spiro atoms. The summed E-state index contributed by atoms with van der Waals surface area (Å²) in [5, 5.41) is 13.7. The maximum atomic E-state index is 4.71. The molecule has 0 unspecified atom stereocenters. The molecule has 0 amide bonds. The van der Waals surface area contributed by atoms with Gasteiger partial charge in [-0.3, -0.25) is 0 Å². The molecule has 0 aromatic carbocycles. The van der Waals surface area contributed by atoms with E-state index in [1.165, 1.54) is 0 Å². The third-order valence-electron chi connectivity index (χ3n) is 5.20. The summed E-state index contributed by atoms with van der Waals surface area (Å²) in [6, 6.07) is 0.785. The Kier molecular flexibility index (Phi) is 5.14. The largest absolute Gasteiger partial charge is 0.350 e. The van der Waals surface area contributed by atoms with Gasteiger partial charge in [-0.05, 0) is 33.0 Å². The predicted octanol–water partition coefficient (Wildman–Crippen LogP) is -0.829. The van der Waals surface area contributed by atoms with Gasteiger partial charge in [0.15, 0.2) is 0 Å². The molecule has 0 radical (unpaired) electrons. The van der Waals surface area contributed by atoms with Crippen molar-refractivity contribution in [2.24, 2.45) is 0 Å². The van der Waals surface area contributed by atoms with Gasteiger partial charge in [-0.15, -0.1) is 0 Å². The Morgan fingerprint density at radius 3 is 1.88 bits per heavy atom. The van der Waals surface area contributed by atoms with Crippen molar-refractivity contribution in [3.63, 3.8) is 0 Å². The van der Waals surface area contributed by atoms with Crippen LogP contribution in [0.15, 0.2) is 0 Å². The van der Waals surface area contributed by atoms with Crippen LogP contribution in [0.2, 0.25) is 0 Å². The van der Waals surface area contributed by atoms with Crippen LogP contribution in [0.5, 0.6) is 0 Å². The highest BCUT2D eigenvalue weighted by Gasteiger charge is 2.22. The first-order chi connectivity index (χ1) is 12.3. The van der Waals surface area contributed by atoms with Crippen LogP contribution in [0.25, 0.3) is 0 Å². The monoisotopic (exact) mass is 347 g/mol. The van der Waals surface area contributed by atoms with Crippen LogP contribution in [0.4, 0.5) is 17.8 Å². The second kappa shape index (κ2) is 7.67. The predicted molar refractivity (Wildman–Crippen MR) is 99.3 cm³/mol. The van der Waals surface area contributed by atoms with E-state index in [1.807, 2.05) is 0 Å². The molecule has 0 aliphatic carbocycles. The molecule has 3 aliphatic rings. The summed E-state index contributed by atoms with van der Waals surface area (Å²) in [4.78, 5) is 18.7. The van der Waals surface area contributed by atoms with Gasteiger partial charge < -0.3 is 31.1 Å². The van der Waals surface area contributed by atoms with Gasteiger partial charge in [0, 0.05) is 51.4 Å². The number of hydrogen-bond acceptors (Lipinski definition) is 9. The summed E-state index contributed by atoms with van der Waals surface area (Å²) in [5.41, 5.74) is 0. The van der Waals surface area contributed by atoms with E-state index in [1.54, 1.807) is 0 Å². The van der Waals surface area contributed by atoms with Crippen LogP contribution < -0.4 is 26.2 Å². The van der Waals surface area contributed by atoms with Crippen molar-refractivity contribution in [2.75, 3.05) is 74.9 Å². The molecule has 9 heteroatoms. The first-order valence-electron chi connectivity index (χ1n) is 9.40. The number of aromatic nitrogens is 3. The molecule has 4 N–H and O–H groups in total. The normalized spacial score (nSPS) is 27.6. The van der Waals surface area contributed by atoms with Crippen molar-refractivity contribution in [3.05, 3.63) is 0 Å². The summed E-state index contributed by atoms with van der Waals surface area (Å²) in [6.45, 7) is 8.01. The van der Waals surface area contributed by atoms with Gasteiger partial charge in [-0.2, -0.15) is 15.0 Å². The number of anilines is 3. The molecule has 138 valence electrons. The van der Waals surface area contributed by atoms with E-state index in [9.17, 15) is 0 Å². The maximum absolute atomic E-state index is 4.71. The summed E-state index contributed by atoms with van der Waals surface area (Å²) < 4.78 is 0. The Morgan fingerprint density at radius 1 is 0.840 bits per heavy atom. The van der Waals surface area contributed by atoms with Gasteiger partial charge in [0.05, 0.1) is 0 Å². The molecule has 0 saturated carbocycles. The van der Waals surface area contributed by atoms with E-state index in [2.05, 4.69) is 43.1 Å². The number of hydrogen-bond donors (Lipinski definition) is 4. The molecule has 4 heterocycles. The van der Waals surface area contributed by atoms with E-state index in [0.29, 0.717) is 24.0 Å². The van der Waals surface area contributed by atoms with Crippen LogP contribution in [0.1, 0.15) is 12.8 Å². The lowest BCUT2D eigenvalue weighted by molar-refractivity contribution is 0.311. The molecule has 9 nitrogen and oxygen atoms in total. The summed E-state index contributed by atoms with van der Waals surface area (Å²) >= 11 is 0. The Bertz CT molecular complexity index is 524. The lowest BCUT2D eigenvalue weighted by atomic mass is 10.3. The van der Waals surface area contributed by atoms with Crippen molar-refractivity contribution >= 4 is 17.8 Å². The van der Waals surface area contributed by atoms with Crippen molar-refractivity contribution in [1.29, 1.82) is 0 Å². The fourth-order valence-corrected chi connectivity index (χ4v) is 3.56. The summed E-state index contributed by atoms with van der Waals surface area (Å²) in [6.07, 6.45) is 2.20. The highest BCUT2D eigenvalue weighted by molar-refractivity contribution is 5.45. The standard InChI is InChI=1S/C16H29N9/c1-24-6-8-25(9-7-24)16-22-14(19-12-2-4-17-10-12)21-15(23-16)20-13-3-5-18-11-13/h12-13,17-18H,2-11H2,1H3,(H2,19,20,21,22,23)/t12-,13-/m1/s1. The van der Waals surface area contributed by atoms with E-state index >= 15 is 0 Å². The highest BCUT2D eigenvalue weighted by Crippen LogP contribution is 2.18. The van der Waals surface area contributed by atoms with Gasteiger partial charge in [0.1, 0.15) is 0 Å². The minimum atomic E-state index is 0.392. The van der Waals surface area contributed by atoms with Gasteiger partial charge in [-0.1, -0.05) is 0 Å². The highest BCUT2D eigenvalue weighted by atomic mass is 15.4. The molecular weight excluding hydrogens is 318 g/mol. The van der Waals surface area contributed by atoms with Crippen molar-refractivity contribution in [2.45, 2.75) is 24.9 Å². The van der Waals surface area contributed by atoms with E-state index in [4.69, 9.17) is 9.97 Å². The molecule has 2 atom stereocenters. The smallest absolute Gasteiger partial charge is 0.232 e. The Hall–Kier alpha value is -1.71. The molecule has 3 aliphatic heterocycles. The summed E-state index contributed by atoms with van der Waals surface area (Å²) in [5.74, 6) is 2.15. The van der Waals surface area contributed by atoms with Crippen LogP contribution in [0, 0.1) is 0 Å². The van der Waals surface area contributed by atoms with Crippen molar-refractivity contribution in [3.8, 4) is 0 Å². The first-order valence-corrected chi connectivity index (χ1v) is 9.40. The van der Waals surface area contributed by atoms with Gasteiger partial charge in [0.2, 0.25) is 17.8 Å². The third-order valence-corrected chi connectivity index (χ3v) is 5.20. The number of piperazine rings is 1. The van der Waals surface area contributed by atoms with Gasteiger partial charge >= 0.3 is 0 Å². The molecule has 25 heavy (non-hydrogen) atoms.